The molecule has 2 aromatic carbocycles. The molecule has 1 nitrogen and oxygen atoms in total. The molecule has 0 atom stereocenters. The van der Waals surface area contributed by atoms with E-state index in [9.17, 15) is 0 Å². The molecule has 0 aliphatic rings. The first-order valence-corrected chi connectivity index (χ1v) is 8.64. The van der Waals surface area contributed by atoms with Crippen LogP contribution in [0.1, 0.15) is 18.4 Å². The van der Waals surface area contributed by atoms with E-state index in [0.29, 0.717) is 6.61 Å². The van der Waals surface area contributed by atoms with Gasteiger partial charge in [-0.2, -0.15) is 25.3 Å². The van der Waals surface area contributed by atoms with Crippen molar-refractivity contribution in [2.45, 2.75) is 19.3 Å². The molecular formula is C18H22OS2. The van der Waals surface area contributed by atoms with Crippen LogP contribution in [0.2, 0.25) is 0 Å². The molecule has 2 aromatic rings. The van der Waals surface area contributed by atoms with E-state index in [1.807, 2.05) is 6.07 Å². The Morgan fingerprint density at radius 1 is 0.810 bits per heavy atom. The predicted molar refractivity (Wildman–Crippen MR) is 98.0 cm³/mol. The molecule has 0 aliphatic heterocycles. The zero-order valence-electron chi connectivity index (χ0n) is 12.2. The van der Waals surface area contributed by atoms with Crippen LogP contribution in [0.15, 0.2) is 48.5 Å². The zero-order valence-corrected chi connectivity index (χ0v) is 14.0. The molecule has 0 radical (unpaired) electrons. The Labute approximate surface area is 138 Å². The monoisotopic (exact) mass is 318 g/mol. The van der Waals surface area contributed by atoms with Gasteiger partial charge in [0.05, 0.1) is 6.61 Å². The van der Waals surface area contributed by atoms with Crippen LogP contribution in [0.4, 0.5) is 0 Å². The van der Waals surface area contributed by atoms with Crippen molar-refractivity contribution < 1.29 is 4.74 Å². The van der Waals surface area contributed by atoms with Crippen molar-refractivity contribution in [3.63, 3.8) is 0 Å². The zero-order chi connectivity index (χ0) is 14.9. The van der Waals surface area contributed by atoms with Gasteiger partial charge in [0.1, 0.15) is 5.75 Å². The van der Waals surface area contributed by atoms with Crippen LogP contribution in [-0.2, 0) is 6.42 Å². The maximum Gasteiger partial charge on any atom is 0.120 e. The summed E-state index contributed by atoms with van der Waals surface area (Å²) in [5.41, 5.74) is 3.75. The van der Waals surface area contributed by atoms with Crippen LogP contribution in [0, 0.1) is 0 Å². The van der Waals surface area contributed by atoms with Gasteiger partial charge in [-0.15, -0.1) is 0 Å². The Kier molecular flexibility index (Phi) is 7.04. The van der Waals surface area contributed by atoms with E-state index in [-0.39, 0.29) is 0 Å². The minimum atomic E-state index is 0.716. The minimum absolute atomic E-state index is 0.716. The quantitative estimate of drug-likeness (QED) is 0.519. The topological polar surface area (TPSA) is 9.23 Å². The Bertz CT molecular complexity index is 540. The van der Waals surface area contributed by atoms with E-state index in [2.05, 4.69) is 67.7 Å². The first-order chi connectivity index (χ1) is 10.3. The van der Waals surface area contributed by atoms with Gasteiger partial charge in [-0.25, -0.2) is 0 Å². The van der Waals surface area contributed by atoms with Gasteiger partial charge >= 0.3 is 0 Å². The van der Waals surface area contributed by atoms with Crippen molar-refractivity contribution in [2.24, 2.45) is 0 Å². The van der Waals surface area contributed by atoms with E-state index in [0.717, 1.165) is 36.5 Å². The number of ether oxygens (including phenoxy) is 1. The van der Waals surface area contributed by atoms with E-state index >= 15 is 0 Å². The van der Waals surface area contributed by atoms with Gasteiger partial charge < -0.3 is 4.74 Å². The van der Waals surface area contributed by atoms with Crippen LogP contribution in [0.5, 0.6) is 5.75 Å². The molecule has 112 valence electrons. The normalized spacial score (nSPS) is 10.6. The van der Waals surface area contributed by atoms with Crippen molar-refractivity contribution in [2.75, 3.05) is 18.1 Å². The third-order valence-electron chi connectivity index (χ3n) is 3.27. The van der Waals surface area contributed by atoms with Crippen molar-refractivity contribution in [1.82, 2.24) is 0 Å². The smallest absolute Gasteiger partial charge is 0.120 e. The molecule has 0 aliphatic carbocycles. The van der Waals surface area contributed by atoms with Gasteiger partial charge in [0.25, 0.3) is 0 Å². The van der Waals surface area contributed by atoms with Gasteiger partial charge in [-0.05, 0) is 59.6 Å². The van der Waals surface area contributed by atoms with Gasteiger partial charge in [0.15, 0.2) is 0 Å². The molecule has 3 heteroatoms. The molecule has 2 rings (SSSR count). The van der Waals surface area contributed by atoms with E-state index < -0.39 is 0 Å². The predicted octanol–water partition coefficient (Wildman–Crippen LogP) is 4.91. The fraction of sp³-hybridized carbons (Fsp3) is 0.333. The lowest BCUT2D eigenvalue weighted by Crippen LogP contribution is -1.99. The summed E-state index contributed by atoms with van der Waals surface area (Å²) in [5.74, 6) is 2.71. The lowest BCUT2D eigenvalue weighted by atomic mass is 10.0. The molecule has 0 heterocycles. The molecule has 0 saturated heterocycles. The third kappa shape index (κ3) is 5.33. The highest BCUT2D eigenvalue weighted by Gasteiger charge is 2.04. The van der Waals surface area contributed by atoms with Gasteiger partial charge in [0.2, 0.25) is 0 Å². The molecule has 21 heavy (non-hydrogen) atoms. The van der Waals surface area contributed by atoms with Gasteiger partial charge in [-0.1, -0.05) is 36.4 Å². The maximum atomic E-state index is 5.86. The summed E-state index contributed by atoms with van der Waals surface area (Å²) in [7, 11) is 0. The van der Waals surface area contributed by atoms with Gasteiger partial charge in [-0.3, -0.25) is 0 Å². The second-order valence-corrected chi connectivity index (χ2v) is 5.88. The molecule has 0 unspecified atom stereocenters. The Hall–Kier alpha value is -1.06. The number of benzene rings is 2. The Balaban J connectivity index is 2.23. The molecule has 0 saturated carbocycles. The minimum Gasteiger partial charge on any atom is -0.494 e. The second kappa shape index (κ2) is 9.06. The molecular weight excluding hydrogens is 296 g/mol. The fourth-order valence-electron chi connectivity index (χ4n) is 2.22. The third-order valence-corrected chi connectivity index (χ3v) is 3.90. The highest BCUT2D eigenvalue weighted by atomic mass is 32.1. The summed E-state index contributed by atoms with van der Waals surface area (Å²) in [4.78, 5) is 0. The van der Waals surface area contributed by atoms with Gasteiger partial charge in [0, 0.05) is 0 Å². The number of rotatable bonds is 8. The summed E-state index contributed by atoms with van der Waals surface area (Å²) in [6.07, 6.45) is 3.08. The average molecular weight is 319 g/mol. The first-order valence-electron chi connectivity index (χ1n) is 7.37. The highest BCUT2D eigenvalue weighted by Crippen LogP contribution is 2.27. The molecule has 0 spiro atoms. The lowest BCUT2D eigenvalue weighted by Gasteiger charge is -2.11. The van der Waals surface area contributed by atoms with Crippen molar-refractivity contribution in [3.8, 4) is 16.9 Å². The molecule has 0 amide bonds. The molecule has 0 aromatic heterocycles. The first kappa shape index (κ1) is 16.3. The summed E-state index contributed by atoms with van der Waals surface area (Å²) >= 11 is 8.52. The second-order valence-electron chi connectivity index (χ2n) is 4.98. The lowest BCUT2D eigenvalue weighted by molar-refractivity contribution is 0.318. The highest BCUT2D eigenvalue weighted by molar-refractivity contribution is 7.80. The van der Waals surface area contributed by atoms with Crippen molar-refractivity contribution in [1.29, 1.82) is 0 Å². The average Bonchev–Trinajstić information content (AvgIpc) is 2.54. The summed E-state index contributed by atoms with van der Waals surface area (Å²) < 4.78 is 5.86. The number of thiol groups is 2. The molecule has 0 N–H and O–H groups in total. The van der Waals surface area contributed by atoms with Crippen molar-refractivity contribution >= 4 is 25.3 Å². The van der Waals surface area contributed by atoms with E-state index in [4.69, 9.17) is 4.74 Å². The fourth-order valence-corrected chi connectivity index (χ4v) is 2.51. The van der Waals surface area contributed by atoms with E-state index in [1.165, 1.54) is 16.7 Å². The van der Waals surface area contributed by atoms with E-state index in [1.54, 1.807) is 0 Å². The summed E-state index contributed by atoms with van der Waals surface area (Å²) in [5, 5.41) is 0. The summed E-state index contributed by atoms with van der Waals surface area (Å²) in [6.45, 7) is 0.716. The maximum absolute atomic E-state index is 5.86. The van der Waals surface area contributed by atoms with Crippen LogP contribution in [0.3, 0.4) is 0 Å². The SMILES string of the molecule is SCCCOc1cc(CCCS)cc(-c2ccccc2)c1. The molecule has 0 bridgehead atoms. The standard InChI is InChI=1S/C18H22OS2/c20-10-4-6-15-12-17(16-7-2-1-3-8-16)14-18(13-15)19-9-5-11-21/h1-3,7-8,12-14,20-21H,4-6,9-11H2. The van der Waals surface area contributed by atoms with Crippen molar-refractivity contribution in [3.05, 3.63) is 54.1 Å². The number of hydrogen-bond donors (Lipinski definition) is 2. The van der Waals surface area contributed by atoms with Crippen LogP contribution in [0.25, 0.3) is 11.1 Å². The number of aryl methyl sites for hydroxylation is 1. The molecule has 0 fully saturated rings. The van der Waals surface area contributed by atoms with Crippen LogP contribution < -0.4 is 4.74 Å². The van der Waals surface area contributed by atoms with Crippen LogP contribution >= 0.6 is 25.3 Å². The Morgan fingerprint density at radius 3 is 2.29 bits per heavy atom. The summed E-state index contributed by atoms with van der Waals surface area (Å²) in [6, 6.07) is 17.0. The number of hydrogen-bond acceptors (Lipinski definition) is 3. The Morgan fingerprint density at radius 2 is 1.57 bits per heavy atom. The largest absolute Gasteiger partial charge is 0.494 e. The van der Waals surface area contributed by atoms with Crippen LogP contribution in [-0.4, -0.2) is 18.1 Å².